The summed E-state index contributed by atoms with van der Waals surface area (Å²) in [7, 11) is 0. The maximum atomic E-state index is 12.8. The summed E-state index contributed by atoms with van der Waals surface area (Å²) >= 11 is 0. The van der Waals surface area contributed by atoms with Gasteiger partial charge in [-0.15, -0.1) is 0 Å². The zero-order valence-corrected chi connectivity index (χ0v) is 14.1. The molecule has 2 aromatic heterocycles. The van der Waals surface area contributed by atoms with E-state index in [0.29, 0.717) is 23.6 Å². The van der Waals surface area contributed by atoms with Crippen molar-refractivity contribution in [3.8, 4) is 11.5 Å². The van der Waals surface area contributed by atoms with Crippen LogP contribution in [0.4, 0.5) is 0 Å². The summed E-state index contributed by atoms with van der Waals surface area (Å²) in [6.45, 7) is 3.20. The van der Waals surface area contributed by atoms with Crippen LogP contribution in [-0.4, -0.2) is 30.1 Å². The number of carbonyl (C=O) groups excluding carboxylic acids is 1. The maximum Gasteiger partial charge on any atom is 0.252 e. The zero-order chi connectivity index (χ0) is 17.2. The lowest BCUT2D eigenvalue weighted by atomic mass is 10.1. The third-order valence-electron chi connectivity index (χ3n) is 4.47. The van der Waals surface area contributed by atoms with Gasteiger partial charge in [0.05, 0.1) is 17.2 Å². The molecule has 5 heteroatoms. The number of rotatable bonds is 4. The number of benzene rings is 1. The molecule has 3 heterocycles. The van der Waals surface area contributed by atoms with Crippen LogP contribution < -0.4 is 5.32 Å². The molecule has 128 valence electrons. The third-order valence-corrected chi connectivity index (χ3v) is 4.47. The Hall–Kier alpha value is -2.66. The summed E-state index contributed by atoms with van der Waals surface area (Å²) in [6, 6.07) is 13.2. The minimum atomic E-state index is -0.112. The lowest BCUT2D eigenvalue weighted by molar-refractivity contribution is 0.0859. The lowest BCUT2D eigenvalue weighted by Crippen LogP contribution is -2.31. The minimum absolute atomic E-state index is 0.112. The van der Waals surface area contributed by atoms with E-state index in [1.807, 2.05) is 43.3 Å². The Labute approximate surface area is 146 Å². The van der Waals surface area contributed by atoms with Gasteiger partial charge in [-0.1, -0.05) is 18.2 Å². The van der Waals surface area contributed by atoms with E-state index in [9.17, 15) is 4.79 Å². The summed E-state index contributed by atoms with van der Waals surface area (Å²) in [4.78, 5) is 17.4. The Morgan fingerprint density at radius 2 is 2.16 bits per heavy atom. The summed E-state index contributed by atoms with van der Waals surface area (Å²) < 4.78 is 11.3. The molecule has 0 saturated carbocycles. The Morgan fingerprint density at radius 1 is 1.28 bits per heavy atom. The van der Waals surface area contributed by atoms with Gasteiger partial charge in [0.15, 0.2) is 5.76 Å². The molecule has 0 bridgehead atoms. The smallest absolute Gasteiger partial charge is 0.252 e. The molecule has 1 fully saturated rings. The number of amides is 1. The van der Waals surface area contributed by atoms with Gasteiger partial charge in [0.25, 0.3) is 5.91 Å². The number of furan rings is 1. The van der Waals surface area contributed by atoms with E-state index in [1.54, 1.807) is 6.07 Å². The molecule has 1 atom stereocenters. The molecule has 4 rings (SSSR count). The largest absolute Gasteiger partial charge is 0.460 e. The quantitative estimate of drug-likeness (QED) is 0.789. The third kappa shape index (κ3) is 3.28. The van der Waals surface area contributed by atoms with Gasteiger partial charge in [0, 0.05) is 18.5 Å². The van der Waals surface area contributed by atoms with E-state index >= 15 is 0 Å². The summed E-state index contributed by atoms with van der Waals surface area (Å²) in [5.74, 6) is 1.37. The van der Waals surface area contributed by atoms with Crippen molar-refractivity contribution >= 4 is 16.8 Å². The Balaban J connectivity index is 1.69. The predicted octanol–water partition coefficient (Wildman–Crippen LogP) is 3.71. The molecule has 1 amide bonds. The van der Waals surface area contributed by atoms with Crippen LogP contribution in [0.3, 0.4) is 0 Å². The van der Waals surface area contributed by atoms with Gasteiger partial charge in [-0.3, -0.25) is 4.79 Å². The second-order valence-corrected chi connectivity index (χ2v) is 6.33. The predicted molar refractivity (Wildman–Crippen MR) is 95.5 cm³/mol. The molecule has 1 aromatic carbocycles. The maximum absolute atomic E-state index is 12.8. The van der Waals surface area contributed by atoms with Crippen LogP contribution in [0.15, 0.2) is 46.9 Å². The van der Waals surface area contributed by atoms with Crippen molar-refractivity contribution in [2.24, 2.45) is 0 Å². The summed E-state index contributed by atoms with van der Waals surface area (Å²) in [6.07, 6.45) is 2.17. The van der Waals surface area contributed by atoms with Crippen LogP contribution in [0.5, 0.6) is 0 Å². The molecule has 0 radical (unpaired) electrons. The molecule has 1 aliphatic heterocycles. The monoisotopic (exact) mass is 336 g/mol. The van der Waals surface area contributed by atoms with Gasteiger partial charge in [0.1, 0.15) is 11.5 Å². The van der Waals surface area contributed by atoms with Crippen molar-refractivity contribution in [1.82, 2.24) is 10.3 Å². The van der Waals surface area contributed by atoms with E-state index < -0.39 is 0 Å². The number of nitrogens with one attached hydrogen (secondary N) is 1. The molecule has 0 unspecified atom stereocenters. The molecule has 5 nitrogen and oxygen atoms in total. The van der Waals surface area contributed by atoms with Crippen LogP contribution in [0.1, 0.15) is 29.0 Å². The van der Waals surface area contributed by atoms with Gasteiger partial charge in [0.2, 0.25) is 0 Å². The van der Waals surface area contributed by atoms with Crippen molar-refractivity contribution in [1.29, 1.82) is 0 Å². The van der Waals surface area contributed by atoms with E-state index in [0.717, 1.165) is 36.1 Å². The average Bonchev–Trinajstić information content (AvgIpc) is 3.30. The SMILES string of the molecule is Cc1ccc(-c2cc(C(=O)NC[C@@H]3CCCO3)c3ccccc3n2)o1. The number of carbonyl (C=O) groups is 1. The van der Waals surface area contributed by atoms with Gasteiger partial charge >= 0.3 is 0 Å². The zero-order valence-electron chi connectivity index (χ0n) is 14.1. The highest BCUT2D eigenvalue weighted by atomic mass is 16.5. The van der Waals surface area contributed by atoms with Crippen molar-refractivity contribution in [3.63, 3.8) is 0 Å². The number of aromatic nitrogens is 1. The second kappa shape index (κ2) is 6.69. The Bertz CT molecular complexity index is 910. The number of aryl methyl sites for hydroxylation is 1. The highest BCUT2D eigenvalue weighted by Crippen LogP contribution is 2.26. The number of hydrogen-bond acceptors (Lipinski definition) is 4. The lowest BCUT2D eigenvalue weighted by Gasteiger charge is -2.12. The van der Waals surface area contributed by atoms with Crippen molar-refractivity contribution in [3.05, 3.63) is 53.8 Å². The molecule has 25 heavy (non-hydrogen) atoms. The van der Waals surface area contributed by atoms with Gasteiger partial charge in [-0.2, -0.15) is 0 Å². The van der Waals surface area contributed by atoms with Gasteiger partial charge in [-0.25, -0.2) is 4.98 Å². The Kier molecular flexibility index (Phi) is 4.24. The molecular weight excluding hydrogens is 316 g/mol. The number of ether oxygens (including phenoxy) is 1. The van der Waals surface area contributed by atoms with Gasteiger partial charge in [-0.05, 0) is 44.0 Å². The minimum Gasteiger partial charge on any atom is -0.460 e. The number of pyridine rings is 1. The second-order valence-electron chi connectivity index (χ2n) is 6.33. The fraction of sp³-hybridized carbons (Fsp3) is 0.300. The normalized spacial score (nSPS) is 17.1. The molecule has 1 N–H and O–H groups in total. The first-order chi connectivity index (χ1) is 12.2. The first-order valence-electron chi connectivity index (χ1n) is 8.57. The van der Waals surface area contributed by atoms with Crippen molar-refractivity contribution < 1.29 is 13.9 Å². The van der Waals surface area contributed by atoms with Crippen molar-refractivity contribution in [2.45, 2.75) is 25.9 Å². The molecular formula is C20H20N2O3. The van der Waals surface area contributed by atoms with E-state index in [4.69, 9.17) is 9.15 Å². The van der Waals surface area contributed by atoms with Crippen LogP contribution >= 0.6 is 0 Å². The van der Waals surface area contributed by atoms with E-state index in [-0.39, 0.29) is 12.0 Å². The highest BCUT2D eigenvalue weighted by Gasteiger charge is 2.19. The average molecular weight is 336 g/mol. The fourth-order valence-electron chi connectivity index (χ4n) is 3.17. The highest BCUT2D eigenvalue weighted by molar-refractivity contribution is 6.07. The molecule has 0 spiro atoms. The molecule has 0 aliphatic carbocycles. The first-order valence-corrected chi connectivity index (χ1v) is 8.57. The van der Waals surface area contributed by atoms with Crippen molar-refractivity contribution in [2.75, 3.05) is 13.2 Å². The van der Waals surface area contributed by atoms with Crippen LogP contribution in [0.2, 0.25) is 0 Å². The Morgan fingerprint density at radius 3 is 2.92 bits per heavy atom. The summed E-state index contributed by atoms with van der Waals surface area (Å²) in [5.41, 5.74) is 2.04. The molecule has 3 aromatic rings. The first kappa shape index (κ1) is 15.8. The van der Waals surface area contributed by atoms with Crippen LogP contribution in [0.25, 0.3) is 22.4 Å². The van der Waals surface area contributed by atoms with E-state index in [1.165, 1.54) is 0 Å². The molecule has 1 saturated heterocycles. The fourth-order valence-corrected chi connectivity index (χ4v) is 3.17. The van der Waals surface area contributed by atoms with Crippen LogP contribution in [0, 0.1) is 6.92 Å². The number of hydrogen-bond donors (Lipinski definition) is 1. The number of fused-ring (bicyclic) bond motifs is 1. The topological polar surface area (TPSA) is 64.4 Å². The number of para-hydroxylation sites is 1. The standard InChI is InChI=1S/C20H20N2O3/c1-13-8-9-19(25-13)18-11-16(15-6-2-3-7-17(15)22-18)20(23)21-12-14-5-4-10-24-14/h2-3,6-9,11,14H,4-5,10,12H2,1H3,(H,21,23)/t14-/m0/s1. The van der Waals surface area contributed by atoms with Gasteiger partial charge < -0.3 is 14.5 Å². The summed E-state index contributed by atoms with van der Waals surface area (Å²) in [5, 5.41) is 3.83. The van der Waals surface area contributed by atoms with Crippen LogP contribution in [-0.2, 0) is 4.74 Å². The van der Waals surface area contributed by atoms with E-state index in [2.05, 4.69) is 10.3 Å². The molecule has 1 aliphatic rings. The number of nitrogens with zero attached hydrogens (tertiary/aromatic N) is 1.